The van der Waals surface area contributed by atoms with Gasteiger partial charge < -0.3 is 9.80 Å². The Morgan fingerprint density at radius 3 is 2.78 bits per heavy atom. The number of benzene rings is 1. The van der Waals surface area contributed by atoms with Gasteiger partial charge in [0.25, 0.3) is 5.91 Å². The van der Waals surface area contributed by atoms with E-state index in [-0.39, 0.29) is 11.9 Å². The summed E-state index contributed by atoms with van der Waals surface area (Å²) in [5.41, 5.74) is 3.38. The average Bonchev–Trinajstić information content (AvgIpc) is 3.36. The Labute approximate surface area is 163 Å². The molecule has 0 bridgehead atoms. The van der Waals surface area contributed by atoms with Crippen molar-refractivity contribution in [1.82, 2.24) is 24.6 Å². The van der Waals surface area contributed by atoms with Crippen molar-refractivity contribution in [3.63, 3.8) is 0 Å². The summed E-state index contributed by atoms with van der Waals surface area (Å²) in [5, 5.41) is 4.14. The van der Waals surface area contributed by atoms with E-state index in [1.54, 1.807) is 22.3 Å². The maximum absolute atomic E-state index is 13.0. The highest BCUT2D eigenvalue weighted by Crippen LogP contribution is 2.30. The van der Waals surface area contributed by atoms with E-state index in [4.69, 9.17) is 0 Å². The lowest BCUT2D eigenvalue weighted by Crippen LogP contribution is -2.29. The second-order valence-electron chi connectivity index (χ2n) is 7.07. The number of aromatic nitrogens is 3. The first-order valence-corrected chi connectivity index (χ1v) is 9.87. The molecule has 3 aromatic rings. The van der Waals surface area contributed by atoms with Gasteiger partial charge in [-0.1, -0.05) is 12.1 Å². The predicted molar refractivity (Wildman–Crippen MR) is 106 cm³/mol. The van der Waals surface area contributed by atoms with Crippen LogP contribution >= 0.6 is 11.3 Å². The number of nitrogens with zero attached hydrogens (tertiary/aromatic N) is 5. The third kappa shape index (κ3) is 3.52. The van der Waals surface area contributed by atoms with E-state index in [2.05, 4.69) is 35.0 Å². The van der Waals surface area contributed by atoms with Gasteiger partial charge in [0.2, 0.25) is 0 Å². The average molecular weight is 382 g/mol. The molecule has 1 aliphatic heterocycles. The molecular formula is C20H23N5OS. The van der Waals surface area contributed by atoms with Gasteiger partial charge in [-0.25, -0.2) is 9.67 Å². The van der Waals surface area contributed by atoms with E-state index in [0.717, 1.165) is 35.6 Å². The number of likely N-dealkylation sites (N-methyl/N-ethyl adjacent to an activating group) is 1. The molecule has 0 fully saturated rings. The summed E-state index contributed by atoms with van der Waals surface area (Å²) in [6.07, 6.45) is 4.21. The van der Waals surface area contributed by atoms with E-state index in [1.165, 1.54) is 16.8 Å². The molecule has 0 spiro atoms. The van der Waals surface area contributed by atoms with Crippen molar-refractivity contribution in [2.24, 2.45) is 0 Å². The van der Waals surface area contributed by atoms with Crippen LogP contribution in [0.2, 0.25) is 0 Å². The second-order valence-corrected chi connectivity index (χ2v) is 8.21. The van der Waals surface area contributed by atoms with Crippen molar-refractivity contribution in [2.45, 2.75) is 25.9 Å². The van der Waals surface area contributed by atoms with Crippen LogP contribution in [0.1, 0.15) is 38.6 Å². The third-order valence-corrected chi connectivity index (χ3v) is 6.39. The molecule has 1 aromatic carbocycles. The van der Waals surface area contributed by atoms with Crippen LogP contribution in [0.5, 0.6) is 0 Å². The fourth-order valence-electron chi connectivity index (χ4n) is 3.37. The number of hydrogen-bond acceptors (Lipinski definition) is 5. The predicted octanol–water partition coefficient (Wildman–Crippen LogP) is 3.15. The molecule has 2 aromatic heterocycles. The van der Waals surface area contributed by atoms with Gasteiger partial charge in [-0.3, -0.25) is 4.79 Å². The van der Waals surface area contributed by atoms with Crippen LogP contribution in [0.15, 0.2) is 43.0 Å². The topological polar surface area (TPSA) is 54.3 Å². The summed E-state index contributed by atoms with van der Waals surface area (Å²) in [4.78, 5) is 23.3. The monoisotopic (exact) mass is 381 g/mol. The van der Waals surface area contributed by atoms with E-state index in [9.17, 15) is 4.79 Å². The number of amides is 1. The summed E-state index contributed by atoms with van der Waals surface area (Å²) in [7, 11) is 4.00. The van der Waals surface area contributed by atoms with Crippen molar-refractivity contribution in [3.05, 3.63) is 63.9 Å². The van der Waals surface area contributed by atoms with Crippen molar-refractivity contribution in [3.8, 4) is 5.69 Å². The normalized spacial score (nSPS) is 15.4. The van der Waals surface area contributed by atoms with Crippen molar-refractivity contribution >= 4 is 17.2 Å². The molecule has 1 unspecified atom stereocenters. The van der Waals surface area contributed by atoms with Crippen LogP contribution in [0.4, 0.5) is 0 Å². The maximum atomic E-state index is 13.0. The second kappa shape index (κ2) is 7.25. The lowest BCUT2D eigenvalue weighted by Gasteiger charge is -2.25. The van der Waals surface area contributed by atoms with E-state index >= 15 is 0 Å². The Balaban J connectivity index is 1.50. The van der Waals surface area contributed by atoms with Gasteiger partial charge in [0.15, 0.2) is 0 Å². The van der Waals surface area contributed by atoms with Crippen molar-refractivity contribution in [1.29, 1.82) is 0 Å². The molecule has 6 nitrogen and oxygen atoms in total. The number of rotatable bonds is 4. The van der Waals surface area contributed by atoms with Crippen molar-refractivity contribution in [2.75, 3.05) is 20.6 Å². The molecular weight excluding hydrogens is 358 g/mol. The molecule has 3 heterocycles. The molecule has 0 saturated carbocycles. The summed E-state index contributed by atoms with van der Waals surface area (Å²) in [5.74, 6) is 0.0879. The maximum Gasteiger partial charge on any atom is 0.264 e. The van der Waals surface area contributed by atoms with Crippen LogP contribution < -0.4 is 0 Å². The summed E-state index contributed by atoms with van der Waals surface area (Å²) < 4.78 is 1.72. The van der Waals surface area contributed by atoms with E-state index in [0.29, 0.717) is 0 Å². The standard InChI is InChI=1S/C20H23N5OS/c1-14(15-4-6-17(7-5-15)25-13-21-12-22-25)24(3)20(26)18-10-16-8-9-23(2)11-19(16)27-18/h4-7,10,12-14H,8-9,11H2,1-3H3. The van der Waals surface area contributed by atoms with E-state index < -0.39 is 0 Å². The quantitative estimate of drug-likeness (QED) is 0.697. The number of carbonyl (C=O) groups excluding carboxylic acids is 1. The van der Waals surface area contributed by atoms with Crippen LogP contribution in [-0.4, -0.2) is 51.1 Å². The highest BCUT2D eigenvalue weighted by atomic mass is 32.1. The smallest absolute Gasteiger partial charge is 0.264 e. The lowest BCUT2D eigenvalue weighted by atomic mass is 10.1. The van der Waals surface area contributed by atoms with Crippen LogP contribution in [-0.2, 0) is 13.0 Å². The highest BCUT2D eigenvalue weighted by Gasteiger charge is 2.24. The molecule has 0 aliphatic carbocycles. The van der Waals surface area contributed by atoms with Gasteiger partial charge in [0, 0.05) is 25.0 Å². The fourth-order valence-corrected chi connectivity index (χ4v) is 4.65. The first kappa shape index (κ1) is 17.9. The van der Waals surface area contributed by atoms with Crippen LogP contribution in [0.25, 0.3) is 5.69 Å². The van der Waals surface area contributed by atoms with Gasteiger partial charge in [0.1, 0.15) is 12.7 Å². The highest BCUT2D eigenvalue weighted by molar-refractivity contribution is 7.14. The molecule has 27 heavy (non-hydrogen) atoms. The molecule has 0 saturated heterocycles. The molecule has 1 atom stereocenters. The molecule has 0 radical (unpaired) electrons. The number of carbonyl (C=O) groups is 1. The Hall–Kier alpha value is -2.51. The summed E-state index contributed by atoms with van der Waals surface area (Å²) in [6.45, 7) is 4.06. The Morgan fingerprint density at radius 1 is 1.30 bits per heavy atom. The Kier molecular flexibility index (Phi) is 4.80. The Bertz CT molecular complexity index is 932. The zero-order chi connectivity index (χ0) is 19.0. The molecule has 4 rings (SSSR count). The largest absolute Gasteiger partial charge is 0.334 e. The van der Waals surface area contributed by atoms with Gasteiger partial charge in [-0.2, -0.15) is 5.10 Å². The SMILES string of the molecule is CC(c1ccc(-n2cncn2)cc1)N(C)C(=O)c1cc2c(s1)CN(C)CC2. The first-order valence-electron chi connectivity index (χ1n) is 9.05. The van der Waals surface area contributed by atoms with Crippen LogP contribution in [0.3, 0.4) is 0 Å². The number of hydrogen-bond donors (Lipinski definition) is 0. The first-order chi connectivity index (χ1) is 13.0. The minimum absolute atomic E-state index is 0.0101. The number of fused-ring (bicyclic) bond motifs is 1. The molecule has 1 amide bonds. The molecule has 140 valence electrons. The third-order valence-electron chi connectivity index (χ3n) is 5.24. The van der Waals surface area contributed by atoms with Gasteiger partial charge in [0.05, 0.1) is 16.6 Å². The summed E-state index contributed by atoms with van der Waals surface area (Å²) in [6, 6.07) is 10.2. The van der Waals surface area contributed by atoms with Crippen molar-refractivity contribution < 1.29 is 4.79 Å². The minimum Gasteiger partial charge on any atom is -0.334 e. The zero-order valence-electron chi connectivity index (χ0n) is 15.8. The van der Waals surface area contributed by atoms with Gasteiger partial charge >= 0.3 is 0 Å². The lowest BCUT2D eigenvalue weighted by molar-refractivity contribution is 0.0747. The molecule has 7 heteroatoms. The molecule has 1 aliphatic rings. The molecule has 0 N–H and O–H groups in total. The summed E-state index contributed by atoms with van der Waals surface area (Å²) >= 11 is 1.64. The minimum atomic E-state index is -0.0101. The van der Waals surface area contributed by atoms with Crippen LogP contribution in [0, 0.1) is 0 Å². The van der Waals surface area contributed by atoms with Gasteiger partial charge in [-0.15, -0.1) is 11.3 Å². The van der Waals surface area contributed by atoms with E-state index in [1.807, 2.05) is 36.2 Å². The fraction of sp³-hybridized carbons (Fsp3) is 0.350. The zero-order valence-corrected chi connectivity index (χ0v) is 16.6. The number of thiophene rings is 1. The Morgan fingerprint density at radius 2 is 2.07 bits per heavy atom. The van der Waals surface area contributed by atoms with Gasteiger partial charge in [-0.05, 0) is 49.7 Å².